The first-order valence-electron chi connectivity index (χ1n) is 4.84. The number of halogens is 1. The predicted molar refractivity (Wildman–Crippen MR) is 60.2 cm³/mol. The second kappa shape index (κ2) is 8.54. The lowest BCUT2D eigenvalue weighted by molar-refractivity contribution is 0.270. The summed E-state index contributed by atoms with van der Waals surface area (Å²) in [7, 11) is 2.16. The molecule has 0 atom stereocenters. The third-order valence-corrected chi connectivity index (χ3v) is 2.28. The fraction of sp³-hybridized carbons (Fsp3) is 0.800. The number of nitrogens with one attached hydrogen (secondary N) is 1. The van der Waals surface area contributed by atoms with E-state index in [9.17, 15) is 0 Å². The van der Waals surface area contributed by atoms with Crippen molar-refractivity contribution in [1.82, 2.24) is 10.2 Å². The van der Waals surface area contributed by atoms with E-state index < -0.39 is 0 Å². The molecule has 0 saturated carbocycles. The molecule has 0 amide bonds. The van der Waals surface area contributed by atoms with Gasteiger partial charge in [0.15, 0.2) is 0 Å². The molecule has 13 heavy (non-hydrogen) atoms. The summed E-state index contributed by atoms with van der Waals surface area (Å²) in [5.41, 5.74) is 1.55. The van der Waals surface area contributed by atoms with E-state index in [-0.39, 0.29) is 0 Å². The minimum Gasteiger partial charge on any atom is -0.313 e. The summed E-state index contributed by atoms with van der Waals surface area (Å²) in [4.78, 5) is 2.35. The van der Waals surface area contributed by atoms with Crippen molar-refractivity contribution in [3.63, 3.8) is 0 Å². The molecule has 0 aromatic rings. The first kappa shape index (κ1) is 12.9. The molecule has 78 valence electrons. The summed E-state index contributed by atoms with van der Waals surface area (Å²) >= 11 is 5.38. The molecule has 0 aromatic carbocycles. The Hall–Kier alpha value is -0.0500. The maximum atomic E-state index is 5.38. The minimum atomic E-state index is 0.641. The van der Waals surface area contributed by atoms with Crippen LogP contribution in [0.4, 0.5) is 0 Å². The zero-order valence-corrected chi connectivity index (χ0v) is 9.64. The molecule has 3 heteroatoms. The van der Waals surface area contributed by atoms with E-state index in [1.807, 2.05) is 6.08 Å². The van der Waals surface area contributed by atoms with Crippen LogP contribution < -0.4 is 5.32 Å². The van der Waals surface area contributed by atoms with Gasteiger partial charge >= 0.3 is 0 Å². The van der Waals surface area contributed by atoms with Crippen LogP contribution in [-0.4, -0.2) is 37.6 Å². The molecule has 0 aliphatic carbocycles. The highest BCUT2D eigenvalue weighted by atomic mass is 35.5. The summed E-state index contributed by atoms with van der Waals surface area (Å²) in [5, 5.41) is 3.28. The summed E-state index contributed by atoms with van der Waals surface area (Å²) in [6.45, 7) is 7.50. The van der Waals surface area contributed by atoms with Crippen molar-refractivity contribution in [2.24, 2.45) is 0 Å². The zero-order valence-electron chi connectivity index (χ0n) is 8.89. The Labute approximate surface area is 86.9 Å². The Morgan fingerprint density at radius 1 is 1.46 bits per heavy atom. The summed E-state index contributed by atoms with van der Waals surface area (Å²) in [5.74, 6) is 0. The van der Waals surface area contributed by atoms with Crippen molar-refractivity contribution < 1.29 is 0 Å². The number of nitrogens with zero attached hydrogens (tertiary/aromatic N) is 1. The lowest BCUT2D eigenvalue weighted by atomic mass is 10.3. The molecule has 0 bridgehead atoms. The maximum absolute atomic E-state index is 5.38. The van der Waals surface area contributed by atoms with Crippen molar-refractivity contribution in [3.8, 4) is 0 Å². The highest BCUT2D eigenvalue weighted by Gasteiger charge is 2.00. The van der Waals surface area contributed by atoms with E-state index in [0.717, 1.165) is 19.6 Å². The van der Waals surface area contributed by atoms with E-state index in [1.54, 1.807) is 5.54 Å². The van der Waals surface area contributed by atoms with Crippen molar-refractivity contribution in [2.45, 2.75) is 26.3 Å². The van der Waals surface area contributed by atoms with E-state index in [4.69, 9.17) is 11.6 Å². The van der Waals surface area contributed by atoms with E-state index in [0.29, 0.717) is 6.04 Å². The molecule has 0 unspecified atom stereocenters. The zero-order chi connectivity index (χ0) is 10.1. The predicted octanol–water partition coefficient (Wildman–Crippen LogP) is 2.06. The summed E-state index contributed by atoms with van der Waals surface area (Å²) in [6, 6.07) is 0.641. The van der Waals surface area contributed by atoms with Crippen LogP contribution in [0.1, 0.15) is 20.3 Å². The Morgan fingerprint density at radius 2 is 2.15 bits per heavy atom. The van der Waals surface area contributed by atoms with Gasteiger partial charge in [0.25, 0.3) is 0 Å². The third kappa shape index (κ3) is 8.28. The molecule has 0 radical (unpaired) electrons. The lowest BCUT2D eigenvalue weighted by Gasteiger charge is -2.20. The van der Waals surface area contributed by atoms with Crippen LogP contribution in [0.2, 0.25) is 0 Å². The van der Waals surface area contributed by atoms with Crippen LogP contribution in [0.3, 0.4) is 0 Å². The molecule has 2 nitrogen and oxygen atoms in total. The van der Waals surface area contributed by atoms with E-state index >= 15 is 0 Å². The number of rotatable bonds is 7. The molecule has 0 spiro atoms. The molecule has 0 saturated heterocycles. The Balaban J connectivity index is 3.16. The summed E-state index contributed by atoms with van der Waals surface area (Å²) in [6.07, 6.45) is 3.10. The van der Waals surface area contributed by atoms with Crippen LogP contribution in [0.25, 0.3) is 0 Å². The molecule has 0 heterocycles. The number of hydrogen-bond donors (Lipinski definition) is 1. The van der Waals surface area contributed by atoms with Gasteiger partial charge in [-0.3, -0.25) is 0 Å². The van der Waals surface area contributed by atoms with Gasteiger partial charge in [0.1, 0.15) is 0 Å². The van der Waals surface area contributed by atoms with E-state index in [2.05, 4.69) is 31.1 Å². The fourth-order valence-electron chi connectivity index (χ4n) is 0.942. The Bertz CT molecular complexity index is 135. The van der Waals surface area contributed by atoms with Crippen LogP contribution in [0.5, 0.6) is 0 Å². The van der Waals surface area contributed by atoms with Gasteiger partial charge in [0.05, 0.1) is 0 Å². The monoisotopic (exact) mass is 204 g/mol. The first-order chi connectivity index (χ1) is 6.18. The van der Waals surface area contributed by atoms with Gasteiger partial charge in [0, 0.05) is 18.1 Å². The Kier molecular flexibility index (Phi) is 8.51. The van der Waals surface area contributed by atoms with Crippen LogP contribution in [-0.2, 0) is 0 Å². The minimum absolute atomic E-state index is 0.641. The van der Waals surface area contributed by atoms with Gasteiger partial charge < -0.3 is 10.2 Å². The molecule has 0 aliphatic heterocycles. The second-order valence-corrected chi connectivity index (χ2v) is 3.75. The smallest absolute Gasteiger partial charge is 0.0146 e. The molecule has 0 aliphatic rings. The molecular formula is C10H21ClN2. The Morgan fingerprint density at radius 3 is 2.69 bits per heavy atom. The first-order valence-corrected chi connectivity index (χ1v) is 5.28. The van der Waals surface area contributed by atoms with Gasteiger partial charge in [-0.1, -0.05) is 17.7 Å². The standard InChI is InChI=1S/C10H21ClN2/c1-10(2)13(3)9-5-8-12-7-4-6-11/h4,6,10,12H,5,7-9H2,1-3H3/b6-4+. The molecule has 1 N–H and O–H groups in total. The van der Waals surface area contributed by atoms with Crippen molar-refractivity contribution >= 4 is 11.6 Å². The average molecular weight is 205 g/mol. The third-order valence-electron chi connectivity index (χ3n) is 2.10. The van der Waals surface area contributed by atoms with Gasteiger partial charge in [-0.25, -0.2) is 0 Å². The molecule has 0 aromatic heterocycles. The van der Waals surface area contributed by atoms with Crippen molar-refractivity contribution in [2.75, 3.05) is 26.7 Å². The largest absolute Gasteiger partial charge is 0.313 e. The van der Waals surface area contributed by atoms with E-state index in [1.165, 1.54) is 6.42 Å². The van der Waals surface area contributed by atoms with Crippen LogP contribution in [0, 0.1) is 0 Å². The SMILES string of the molecule is CC(C)N(C)CCCNC/C=C/Cl. The molecular weight excluding hydrogens is 184 g/mol. The lowest BCUT2D eigenvalue weighted by Crippen LogP contribution is -2.29. The highest BCUT2D eigenvalue weighted by molar-refractivity contribution is 6.25. The molecule has 0 fully saturated rings. The molecule has 0 rings (SSSR count). The van der Waals surface area contributed by atoms with Gasteiger partial charge in [-0.05, 0) is 40.4 Å². The van der Waals surface area contributed by atoms with Gasteiger partial charge in [-0.2, -0.15) is 0 Å². The van der Waals surface area contributed by atoms with Crippen LogP contribution >= 0.6 is 11.6 Å². The number of hydrogen-bond acceptors (Lipinski definition) is 2. The van der Waals surface area contributed by atoms with Crippen molar-refractivity contribution in [3.05, 3.63) is 11.6 Å². The quantitative estimate of drug-likeness (QED) is 0.639. The summed E-state index contributed by atoms with van der Waals surface area (Å²) < 4.78 is 0. The fourth-order valence-corrected chi connectivity index (χ4v) is 1.03. The normalized spacial score (nSPS) is 12.2. The topological polar surface area (TPSA) is 15.3 Å². The van der Waals surface area contributed by atoms with Gasteiger partial charge in [-0.15, -0.1) is 0 Å². The van der Waals surface area contributed by atoms with Crippen molar-refractivity contribution in [1.29, 1.82) is 0 Å². The average Bonchev–Trinajstić information content (AvgIpc) is 2.10. The van der Waals surface area contributed by atoms with Gasteiger partial charge in [0.2, 0.25) is 0 Å². The highest BCUT2D eigenvalue weighted by Crippen LogP contribution is 1.93. The maximum Gasteiger partial charge on any atom is 0.0146 e. The second-order valence-electron chi connectivity index (χ2n) is 3.49. The van der Waals surface area contributed by atoms with Crippen LogP contribution in [0.15, 0.2) is 11.6 Å².